The Hall–Kier alpha value is -2.11. The molecule has 2 fully saturated rings. The molecule has 4 rings (SSSR count). The van der Waals surface area contributed by atoms with Crippen LogP contribution in [0.3, 0.4) is 0 Å². The largest absolute Gasteiger partial charge is 0.467 e. The number of aromatic nitrogens is 2. The maximum absolute atomic E-state index is 12.0. The van der Waals surface area contributed by atoms with E-state index in [4.69, 9.17) is 8.94 Å². The first kappa shape index (κ1) is 11.7. The number of carbonyl (C=O) groups excluding carboxylic acids is 1. The van der Waals surface area contributed by atoms with Gasteiger partial charge >= 0.3 is 0 Å². The lowest BCUT2D eigenvalue weighted by Gasteiger charge is -2.13. The van der Waals surface area contributed by atoms with Gasteiger partial charge in [0.05, 0.1) is 18.7 Å². The Morgan fingerprint density at radius 1 is 1.35 bits per heavy atom. The summed E-state index contributed by atoms with van der Waals surface area (Å²) in [5.41, 5.74) is 0. The highest BCUT2D eigenvalue weighted by Crippen LogP contribution is 2.39. The van der Waals surface area contributed by atoms with Crippen molar-refractivity contribution in [2.24, 2.45) is 0 Å². The van der Waals surface area contributed by atoms with Crippen LogP contribution < -0.4 is 0 Å². The van der Waals surface area contributed by atoms with Crippen molar-refractivity contribution in [3.05, 3.63) is 35.9 Å². The predicted octanol–water partition coefficient (Wildman–Crippen LogP) is 2.06. The maximum atomic E-state index is 12.0. The first-order chi connectivity index (χ1) is 9.79. The van der Waals surface area contributed by atoms with Crippen molar-refractivity contribution in [1.29, 1.82) is 0 Å². The summed E-state index contributed by atoms with van der Waals surface area (Å²) in [6.45, 7) is 1.12. The molecule has 0 N–H and O–H groups in total. The molecule has 6 heteroatoms. The monoisotopic (exact) mass is 273 g/mol. The normalized spacial score (nSPS) is 22.7. The Bertz CT molecular complexity index is 615. The van der Waals surface area contributed by atoms with E-state index in [1.807, 2.05) is 12.1 Å². The maximum Gasteiger partial charge on any atom is 0.232 e. The summed E-state index contributed by atoms with van der Waals surface area (Å²) >= 11 is 0. The number of amides is 1. The highest BCUT2D eigenvalue weighted by Gasteiger charge is 2.36. The third-order valence-corrected chi connectivity index (χ3v) is 3.89. The highest BCUT2D eigenvalue weighted by atomic mass is 16.5. The molecule has 0 aromatic carbocycles. The minimum atomic E-state index is 0.0115. The van der Waals surface area contributed by atoms with Crippen molar-refractivity contribution in [2.75, 3.05) is 6.54 Å². The van der Waals surface area contributed by atoms with E-state index in [0.29, 0.717) is 31.3 Å². The van der Waals surface area contributed by atoms with Gasteiger partial charge in [-0.15, -0.1) is 0 Å². The minimum Gasteiger partial charge on any atom is -0.467 e. The molecule has 20 heavy (non-hydrogen) atoms. The van der Waals surface area contributed by atoms with E-state index in [-0.39, 0.29) is 11.8 Å². The van der Waals surface area contributed by atoms with Gasteiger partial charge in [-0.1, -0.05) is 5.16 Å². The van der Waals surface area contributed by atoms with Crippen molar-refractivity contribution < 1.29 is 13.7 Å². The van der Waals surface area contributed by atoms with Crippen LogP contribution in [0.2, 0.25) is 0 Å². The Kier molecular flexibility index (Phi) is 2.61. The molecule has 0 radical (unpaired) electrons. The molecular weight excluding hydrogens is 258 g/mol. The minimum absolute atomic E-state index is 0.0115. The summed E-state index contributed by atoms with van der Waals surface area (Å²) in [5.74, 6) is 2.79. The third kappa shape index (κ3) is 2.11. The van der Waals surface area contributed by atoms with Crippen molar-refractivity contribution in [1.82, 2.24) is 15.0 Å². The van der Waals surface area contributed by atoms with E-state index in [0.717, 1.165) is 24.4 Å². The van der Waals surface area contributed by atoms with Gasteiger partial charge in [0.15, 0.2) is 5.82 Å². The average Bonchev–Trinajstić information content (AvgIpc) is 2.89. The lowest BCUT2D eigenvalue weighted by Crippen LogP contribution is -2.24. The molecule has 0 bridgehead atoms. The molecule has 1 amide bonds. The predicted molar refractivity (Wildman–Crippen MR) is 67.8 cm³/mol. The van der Waals surface area contributed by atoms with E-state index < -0.39 is 0 Å². The van der Waals surface area contributed by atoms with Crippen LogP contribution in [0.15, 0.2) is 27.3 Å². The summed E-state index contributed by atoms with van der Waals surface area (Å²) < 4.78 is 10.6. The van der Waals surface area contributed by atoms with E-state index in [2.05, 4.69) is 10.1 Å². The van der Waals surface area contributed by atoms with E-state index in [1.165, 1.54) is 0 Å². The van der Waals surface area contributed by atoms with Gasteiger partial charge in [0, 0.05) is 18.9 Å². The van der Waals surface area contributed by atoms with Crippen molar-refractivity contribution >= 4 is 5.91 Å². The number of carbonyl (C=O) groups is 1. The van der Waals surface area contributed by atoms with Gasteiger partial charge in [0.2, 0.25) is 11.8 Å². The van der Waals surface area contributed by atoms with Crippen LogP contribution in [-0.4, -0.2) is 27.5 Å². The van der Waals surface area contributed by atoms with Crippen LogP contribution in [0.4, 0.5) is 0 Å². The third-order valence-electron chi connectivity index (χ3n) is 3.89. The van der Waals surface area contributed by atoms with Gasteiger partial charge in [-0.25, -0.2) is 0 Å². The zero-order valence-electron chi connectivity index (χ0n) is 11.0. The molecule has 1 saturated carbocycles. The molecule has 0 unspecified atom stereocenters. The first-order valence-corrected chi connectivity index (χ1v) is 6.93. The SMILES string of the molecule is O=C1C[C@H](c2nc(C3CC3)no2)CN1Cc1ccco1. The van der Waals surface area contributed by atoms with Gasteiger partial charge in [-0.2, -0.15) is 4.98 Å². The molecule has 2 aliphatic rings. The van der Waals surface area contributed by atoms with Gasteiger partial charge in [0.1, 0.15) is 5.76 Å². The van der Waals surface area contributed by atoms with Crippen LogP contribution in [0, 0.1) is 0 Å². The molecule has 3 heterocycles. The smallest absolute Gasteiger partial charge is 0.232 e. The molecule has 0 spiro atoms. The number of nitrogens with zero attached hydrogens (tertiary/aromatic N) is 3. The summed E-state index contributed by atoms with van der Waals surface area (Å²) in [4.78, 5) is 18.3. The topological polar surface area (TPSA) is 72.4 Å². The number of furan rings is 1. The molecule has 1 aliphatic heterocycles. The number of likely N-dealkylation sites (tertiary alicyclic amines) is 1. The Balaban J connectivity index is 1.46. The van der Waals surface area contributed by atoms with Crippen LogP contribution in [-0.2, 0) is 11.3 Å². The fourth-order valence-electron chi connectivity index (χ4n) is 2.60. The second kappa shape index (κ2) is 4.47. The number of hydrogen-bond donors (Lipinski definition) is 0. The standard InChI is InChI=1S/C14H15N3O3/c18-12-6-10(7-17(12)8-11-2-1-5-19-11)14-15-13(16-20-14)9-3-4-9/h1-2,5,9-10H,3-4,6-8H2/t10-/m0/s1. The molecule has 2 aromatic heterocycles. The van der Waals surface area contributed by atoms with E-state index >= 15 is 0 Å². The van der Waals surface area contributed by atoms with E-state index in [9.17, 15) is 4.79 Å². The van der Waals surface area contributed by atoms with E-state index in [1.54, 1.807) is 11.2 Å². The van der Waals surface area contributed by atoms with Crippen LogP contribution in [0.5, 0.6) is 0 Å². The van der Waals surface area contributed by atoms with Gasteiger partial charge in [0.25, 0.3) is 0 Å². The van der Waals surface area contributed by atoms with Gasteiger partial charge < -0.3 is 13.8 Å². The Morgan fingerprint density at radius 3 is 3.00 bits per heavy atom. The molecule has 6 nitrogen and oxygen atoms in total. The Labute approximate surface area is 115 Å². The second-order valence-corrected chi connectivity index (χ2v) is 5.52. The summed E-state index contributed by atoms with van der Waals surface area (Å²) in [5, 5.41) is 4.01. The lowest BCUT2D eigenvalue weighted by atomic mass is 10.1. The zero-order chi connectivity index (χ0) is 13.5. The number of rotatable bonds is 4. The molecule has 1 saturated heterocycles. The summed E-state index contributed by atoms with van der Waals surface area (Å²) in [6.07, 6.45) is 4.35. The highest BCUT2D eigenvalue weighted by molar-refractivity contribution is 5.79. The van der Waals surface area contributed by atoms with Crippen LogP contribution >= 0.6 is 0 Å². The summed E-state index contributed by atoms with van der Waals surface area (Å²) in [6, 6.07) is 3.70. The molecule has 104 valence electrons. The van der Waals surface area contributed by atoms with Crippen molar-refractivity contribution in [2.45, 2.75) is 37.6 Å². The molecule has 1 atom stereocenters. The average molecular weight is 273 g/mol. The van der Waals surface area contributed by atoms with Crippen molar-refractivity contribution in [3.63, 3.8) is 0 Å². The lowest BCUT2D eigenvalue weighted by molar-refractivity contribution is -0.128. The second-order valence-electron chi connectivity index (χ2n) is 5.52. The molecular formula is C14H15N3O3. The quantitative estimate of drug-likeness (QED) is 0.852. The van der Waals surface area contributed by atoms with Gasteiger partial charge in [-0.3, -0.25) is 4.79 Å². The van der Waals surface area contributed by atoms with Crippen LogP contribution in [0.25, 0.3) is 0 Å². The first-order valence-electron chi connectivity index (χ1n) is 6.93. The number of hydrogen-bond acceptors (Lipinski definition) is 5. The summed E-state index contributed by atoms with van der Waals surface area (Å²) in [7, 11) is 0. The fourth-order valence-corrected chi connectivity index (χ4v) is 2.60. The van der Waals surface area contributed by atoms with Crippen molar-refractivity contribution in [3.8, 4) is 0 Å². The zero-order valence-corrected chi connectivity index (χ0v) is 11.0. The van der Waals surface area contributed by atoms with Gasteiger partial charge in [-0.05, 0) is 25.0 Å². The molecule has 2 aromatic rings. The van der Waals surface area contributed by atoms with Crippen LogP contribution in [0.1, 0.15) is 48.6 Å². The molecule has 1 aliphatic carbocycles. The fraction of sp³-hybridized carbons (Fsp3) is 0.500. The Morgan fingerprint density at radius 2 is 2.25 bits per heavy atom.